The highest BCUT2D eigenvalue weighted by Gasteiger charge is 2.12. The van der Waals surface area contributed by atoms with E-state index in [4.69, 9.17) is 9.47 Å². The summed E-state index contributed by atoms with van der Waals surface area (Å²) in [5.74, 6) is 0. The lowest BCUT2D eigenvalue weighted by Crippen LogP contribution is -2.22. The molecule has 0 aliphatic carbocycles. The van der Waals surface area contributed by atoms with E-state index in [1.807, 2.05) is 0 Å². The number of rotatable bonds is 9. The van der Waals surface area contributed by atoms with Gasteiger partial charge < -0.3 is 9.47 Å². The Balaban J connectivity index is 2.12. The first-order valence-corrected chi connectivity index (χ1v) is 8.38. The topological polar surface area (TPSA) is 18.5 Å². The molecule has 120 valence electrons. The lowest BCUT2D eigenvalue weighted by molar-refractivity contribution is -0.155. The summed E-state index contributed by atoms with van der Waals surface area (Å²) < 4.78 is 11.3. The van der Waals surface area contributed by atoms with Crippen LogP contribution in [-0.2, 0) is 9.47 Å². The standard InChI is InChI=1S/C19H32O2/c1-4-5-6-10-17(2)11-9-12-18(3)14-16-21-19-13-7-8-15-20-19/h4-5,11,14,19H,6-10,12-13,15-16H2,1-3H3/b5-4-,17-11+,18-14+. The van der Waals surface area contributed by atoms with Crippen LogP contribution in [0.15, 0.2) is 35.5 Å². The van der Waals surface area contributed by atoms with E-state index < -0.39 is 0 Å². The van der Waals surface area contributed by atoms with Gasteiger partial charge in [-0.2, -0.15) is 0 Å². The van der Waals surface area contributed by atoms with Crippen LogP contribution < -0.4 is 0 Å². The molecule has 1 fully saturated rings. The molecule has 1 atom stereocenters. The summed E-state index contributed by atoms with van der Waals surface area (Å²) >= 11 is 0. The van der Waals surface area contributed by atoms with Crippen molar-refractivity contribution in [3.8, 4) is 0 Å². The zero-order valence-corrected chi connectivity index (χ0v) is 14.1. The van der Waals surface area contributed by atoms with E-state index in [1.165, 1.54) is 30.4 Å². The third kappa shape index (κ3) is 9.65. The summed E-state index contributed by atoms with van der Waals surface area (Å²) in [7, 11) is 0. The van der Waals surface area contributed by atoms with Crippen molar-refractivity contribution in [3.63, 3.8) is 0 Å². The molecule has 0 radical (unpaired) electrons. The molecule has 21 heavy (non-hydrogen) atoms. The third-order valence-corrected chi connectivity index (χ3v) is 3.82. The number of ether oxygens (including phenoxy) is 2. The fourth-order valence-corrected chi connectivity index (χ4v) is 2.37. The fourth-order valence-electron chi connectivity index (χ4n) is 2.37. The Labute approximate surface area is 130 Å². The van der Waals surface area contributed by atoms with Crippen molar-refractivity contribution in [1.29, 1.82) is 0 Å². The van der Waals surface area contributed by atoms with Crippen molar-refractivity contribution in [3.05, 3.63) is 35.5 Å². The summed E-state index contributed by atoms with van der Waals surface area (Å²) in [4.78, 5) is 0. The summed E-state index contributed by atoms with van der Waals surface area (Å²) in [6, 6.07) is 0. The van der Waals surface area contributed by atoms with E-state index >= 15 is 0 Å². The van der Waals surface area contributed by atoms with Gasteiger partial charge in [-0.15, -0.1) is 0 Å². The van der Waals surface area contributed by atoms with E-state index in [9.17, 15) is 0 Å². The quantitative estimate of drug-likeness (QED) is 0.518. The van der Waals surface area contributed by atoms with Crippen molar-refractivity contribution in [2.45, 2.75) is 72.0 Å². The van der Waals surface area contributed by atoms with Crippen LogP contribution in [-0.4, -0.2) is 19.5 Å². The molecule has 2 nitrogen and oxygen atoms in total. The molecule has 1 saturated heterocycles. The van der Waals surface area contributed by atoms with E-state index in [2.05, 4.69) is 45.1 Å². The Morgan fingerprint density at radius 2 is 1.86 bits per heavy atom. The number of hydrogen-bond donors (Lipinski definition) is 0. The molecule has 0 bridgehead atoms. The molecule has 0 saturated carbocycles. The lowest BCUT2D eigenvalue weighted by atomic mass is 10.1. The number of hydrogen-bond acceptors (Lipinski definition) is 2. The molecule has 1 heterocycles. The predicted molar refractivity (Wildman–Crippen MR) is 90.3 cm³/mol. The zero-order valence-electron chi connectivity index (χ0n) is 14.1. The minimum atomic E-state index is 0.0246. The Kier molecular flexibility index (Phi) is 10.2. The highest BCUT2D eigenvalue weighted by atomic mass is 16.7. The van der Waals surface area contributed by atoms with Gasteiger partial charge in [0.05, 0.1) is 6.61 Å². The smallest absolute Gasteiger partial charge is 0.157 e. The van der Waals surface area contributed by atoms with E-state index in [0.29, 0.717) is 6.61 Å². The first-order chi connectivity index (χ1) is 10.2. The normalized spacial score (nSPS) is 21.2. The van der Waals surface area contributed by atoms with Gasteiger partial charge in [-0.1, -0.05) is 35.5 Å². The van der Waals surface area contributed by atoms with Gasteiger partial charge in [0.2, 0.25) is 0 Å². The molecule has 1 aliphatic rings. The van der Waals surface area contributed by atoms with Gasteiger partial charge >= 0.3 is 0 Å². The molecular formula is C19H32O2. The molecule has 0 amide bonds. The summed E-state index contributed by atoms with van der Waals surface area (Å²) in [5, 5.41) is 0. The van der Waals surface area contributed by atoms with Crippen LogP contribution in [0.2, 0.25) is 0 Å². The van der Waals surface area contributed by atoms with Crippen molar-refractivity contribution < 1.29 is 9.47 Å². The zero-order chi connectivity index (χ0) is 15.3. The van der Waals surface area contributed by atoms with E-state index in [1.54, 1.807) is 0 Å². The fraction of sp³-hybridized carbons (Fsp3) is 0.684. The van der Waals surface area contributed by atoms with Crippen molar-refractivity contribution >= 4 is 0 Å². The molecule has 0 aromatic rings. The van der Waals surface area contributed by atoms with Crippen LogP contribution in [0.1, 0.15) is 65.7 Å². The van der Waals surface area contributed by atoms with Gasteiger partial charge in [0.25, 0.3) is 0 Å². The Morgan fingerprint density at radius 3 is 2.57 bits per heavy atom. The number of allylic oxidation sites excluding steroid dienone is 5. The molecule has 1 aliphatic heterocycles. The van der Waals surface area contributed by atoms with Crippen molar-refractivity contribution in [2.75, 3.05) is 13.2 Å². The lowest BCUT2D eigenvalue weighted by Gasteiger charge is -2.22. The molecule has 1 unspecified atom stereocenters. The molecule has 0 spiro atoms. The average Bonchev–Trinajstić information content (AvgIpc) is 2.48. The van der Waals surface area contributed by atoms with Gasteiger partial charge in [-0.05, 0) is 65.7 Å². The monoisotopic (exact) mass is 292 g/mol. The minimum absolute atomic E-state index is 0.0246. The van der Waals surface area contributed by atoms with E-state index in [-0.39, 0.29) is 6.29 Å². The summed E-state index contributed by atoms with van der Waals surface area (Å²) in [6.07, 6.45) is 17.0. The second kappa shape index (κ2) is 11.8. The Morgan fingerprint density at radius 1 is 1.10 bits per heavy atom. The maximum absolute atomic E-state index is 5.72. The first-order valence-electron chi connectivity index (χ1n) is 8.38. The van der Waals surface area contributed by atoms with Crippen LogP contribution in [0.3, 0.4) is 0 Å². The highest BCUT2D eigenvalue weighted by molar-refractivity contribution is 5.04. The van der Waals surface area contributed by atoms with Gasteiger partial charge in [0.1, 0.15) is 0 Å². The van der Waals surface area contributed by atoms with Gasteiger partial charge in [0, 0.05) is 6.61 Å². The summed E-state index contributed by atoms with van der Waals surface area (Å²) in [5.41, 5.74) is 2.90. The minimum Gasteiger partial charge on any atom is -0.353 e. The molecule has 0 aromatic carbocycles. The Bertz CT molecular complexity index is 347. The van der Waals surface area contributed by atoms with Gasteiger partial charge in [-0.25, -0.2) is 0 Å². The van der Waals surface area contributed by atoms with Crippen LogP contribution in [0.25, 0.3) is 0 Å². The van der Waals surface area contributed by atoms with Crippen LogP contribution >= 0.6 is 0 Å². The van der Waals surface area contributed by atoms with Crippen molar-refractivity contribution in [2.24, 2.45) is 0 Å². The van der Waals surface area contributed by atoms with Crippen molar-refractivity contribution in [1.82, 2.24) is 0 Å². The Hall–Kier alpha value is -0.860. The van der Waals surface area contributed by atoms with E-state index in [0.717, 1.165) is 32.3 Å². The van der Waals surface area contributed by atoms with Crippen LogP contribution in [0.5, 0.6) is 0 Å². The maximum Gasteiger partial charge on any atom is 0.157 e. The second-order valence-corrected chi connectivity index (χ2v) is 5.88. The van der Waals surface area contributed by atoms with Crippen LogP contribution in [0, 0.1) is 0 Å². The largest absolute Gasteiger partial charge is 0.353 e. The van der Waals surface area contributed by atoms with Crippen LogP contribution in [0.4, 0.5) is 0 Å². The van der Waals surface area contributed by atoms with Gasteiger partial charge in [-0.3, -0.25) is 0 Å². The molecule has 1 rings (SSSR count). The second-order valence-electron chi connectivity index (χ2n) is 5.88. The average molecular weight is 292 g/mol. The SMILES string of the molecule is C/C=C\CC/C(C)=C/CC/C(C)=C/COC1CCCCO1. The summed E-state index contributed by atoms with van der Waals surface area (Å²) in [6.45, 7) is 8.03. The molecule has 0 N–H and O–H groups in total. The first kappa shape index (κ1) is 18.2. The molecule has 0 aromatic heterocycles. The predicted octanol–water partition coefficient (Wildman–Crippen LogP) is 5.56. The highest BCUT2D eigenvalue weighted by Crippen LogP contribution is 2.14. The molecular weight excluding hydrogens is 260 g/mol. The third-order valence-electron chi connectivity index (χ3n) is 3.82. The molecule has 2 heteroatoms. The maximum atomic E-state index is 5.72. The van der Waals surface area contributed by atoms with Gasteiger partial charge in [0.15, 0.2) is 6.29 Å².